The largest absolute Gasteiger partial charge is 0.508 e. The first-order chi connectivity index (χ1) is 27.9. The van der Waals surface area contributed by atoms with Crippen molar-refractivity contribution in [2.75, 3.05) is 19.6 Å². The molecule has 23 nitrogen and oxygen atoms in total. The highest BCUT2D eigenvalue weighted by atomic mass is 16.4. The molecule has 0 aliphatic carbocycles. The van der Waals surface area contributed by atoms with Crippen LogP contribution in [0.2, 0.25) is 0 Å². The molecule has 0 spiro atoms. The number of unbranched alkanes of at least 4 members (excludes halogenated alkanes) is 2. The molecule has 0 aliphatic heterocycles. The molecule has 330 valence electrons. The summed E-state index contributed by atoms with van der Waals surface area (Å²) in [6.07, 6.45) is 0.373. The molecule has 0 unspecified atom stereocenters. The maximum Gasteiger partial charge on any atom is 0.326 e. The van der Waals surface area contributed by atoms with Crippen LogP contribution in [0.25, 0.3) is 0 Å². The highest BCUT2D eigenvalue weighted by molar-refractivity contribution is 5.97. The third-order valence-electron chi connectivity index (χ3n) is 8.78. The second-order valence-electron chi connectivity index (χ2n) is 13.7. The number of nitrogens with zero attached hydrogens (tertiary/aromatic N) is 1. The molecule has 0 fully saturated rings. The molecule has 20 N–H and O–H groups in total. The quantitative estimate of drug-likeness (QED) is 0.0199. The Labute approximate surface area is 341 Å². The molecule has 6 atom stereocenters. The summed E-state index contributed by atoms with van der Waals surface area (Å²) in [5, 5.41) is 40.6. The Hall–Kier alpha value is -6.07. The predicted molar refractivity (Wildman–Crippen MR) is 213 cm³/mol. The summed E-state index contributed by atoms with van der Waals surface area (Å²) in [6, 6.07) is -3.00. The number of carboxylic acid groups (broad SMARTS) is 2. The summed E-state index contributed by atoms with van der Waals surface area (Å²) in [5.41, 5.74) is 33.8. The Morgan fingerprint density at radius 1 is 0.593 bits per heavy atom. The van der Waals surface area contributed by atoms with Crippen molar-refractivity contribution in [1.29, 1.82) is 0 Å². The maximum absolute atomic E-state index is 13.9. The summed E-state index contributed by atoms with van der Waals surface area (Å²) in [7, 11) is 0. The standard InChI is InChI=1S/C36H60N12O11/c37-15-3-1-6-22(39)30(53)44-24(8-5-17-43-36(41)42)31(54)46-25(13-14-28(40)50)33(56)45-23(7-2-4-16-38)32(55)47-26(18-20-9-11-21(49)12-10-20)34(57)48-27(35(58)59)19-29(51)52/h9-12,22-27,49H,1-8,13-19,37-39H2,(H2,40,50)(H,44,53)(H,45,56)(H,46,54)(H,47,55)(H,48,57)(H,51,52)(H,58,59)(H4,41,42,43)/t22-,23-,24-,25-,26-,27-/m0/s1. The van der Waals surface area contributed by atoms with Gasteiger partial charge >= 0.3 is 11.9 Å². The summed E-state index contributed by atoms with van der Waals surface area (Å²) in [4.78, 5) is 107. The number of carbonyl (C=O) groups is 8. The number of nitrogens with two attached hydrogens (primary N) is 6. The van der Waals surface area contributed by atoms with E-state index in [1.54, 1.807) is 0 Å². The number of amides is 6. The lowest BCUT2D eigenvalue weighted by atomic mass is 10.0. The lowest BCUT2D eigenvalue weighted by Crippen LogP contribution is -2.59. The molecule has 0 heterocycles. The van der Waals surface area contributed by atoms with Crippen molar-refractivity contribution in [3.8, 4) is 5.75 Å². The van der Waals surface area contributed by atoms with Gasteiger partial charge in [-0.25, -0.2) is 4.79 Å². The van der Waals surface area contributed by atoms with Crippen molar-refractivity contribution in [1.82, 2.24) is 26.6 Å². The van der Waals surface area contributed by atoms with E-state index in [-0.39, 0.29) is 76.2 Å². The highest BCUT2D eigenvalue weighted by Crippen LogP contribution is 2.13. The van der Waals surface area contributed by atoms with Crippen LogP contribution in [0.15, 0.2) is 29.3 Å². The Bertz CT molecular complexity index is 1590. The predicted octanol–water partition coefficient (Wildman–Crippen LogP) is -4.18. The third-order valence-corrected chi connectivity index (χ3v) is 8.78. The lowest BCUT2D eigenvalue weighted by molar-refractivity contribution is -0.147. The number of rotatable bonds is 30. The van der Waals surface area contributed by atoms with Crippen LogP contribution in [0.5, 0.6) is 5.75 Å². The first kappa shape index (κ1) is 50.9. The molecule has 59 heavy (non-hydrogen) atoms. The fraction of sp³-hybridized carbons (Fsp3) is 0.583. The van der Waals surface area contributed by atoms with E-state index in [0.717, 1.165) is 0 Å². The van der Waals surface area contributed by atoms with Crippen LogP contribution in [0.1, 0.15) is 76.2 Å². The van der Waals surface area contributed by atoms with E-state index in [9.17, 15) is 48.6 Å². The van der Waals surface area contributed by atoms with Gasteiger partial charge in [0.25, 0.3) is 0 Å². The first-order valence-electron chi connectivity index (χ1n) is 19.1. The van der Waals surface area contributed by atoms with E-state index < -0.39 is 90.1 Å². The number of carbonyl (C=O) groups excluding carboxylic acids is 6. The van der Waals surface area contributed by atoms with Crippen molar-refractivity contribution in [3.63, 3.8) is 0 Å². The molecule has 0 saturated heterocycles. The molecule has 0 aromatic heterocycles. The number of hydrogen-bond donors (Lipinski definition) is 14. The average Bonchev–Trinajstić information content (AvgIpc) is 3.16. The fourth-order valence-electron chi connectivity index (χ4n) is 5.55. The molecule has 6 amide bonds. The zero-order valence-electron chi connectivity index (χ0n) is 32.9. The molecule has 1 rings (SSSR count). The molecule has 23 heteroatoms. The van der Waals surface area contributed by atoms with Crippen LogP contribution in [0.3, 0.4) is 0 Å². The molecule has 0 radical (unpaired) electrons. The molecule has 1 aromatic rings. The number of phenols is 1. The Morgan fingerprint density at radius 3 is 1.54 bits per heavy atom. The number of phenolic OH excluding ortho intramolecular Hbond substituents is 1. The zero-order chi connectivity index (χ0) is 44.5. The van der Waals surface area contributed by atoms with E-state index in [0.29, 0.717) is 31.4 Å². The summed E-state index contributed by atoms with van der Waals surface area (Å²) in [6.45, 7) is 0.711. The Kier molecular flexibility index (Phi) is 23.8. The summed E-state index contributed by atoms with van der Waals surface area (Å²) >= 11 is 0. The number of carboxylic acids is 2. The van der Waals surface area contributed by atoms with Crippen molar-refractivity contribution in [3.05, 3.63) is 29.8 Å². The van der Waals surface area contributed by atoms with Gasteiger partial charge in [0.15, 0.2) is 5.96 Å². The van der Waals surface area contributed by atoms with Crippen molar-refractivity contribution < 1.29 is 53.7 Å². The van der Waals surface area contributed by atoms with Gasteiger partial charge in [-0.2, -0.15) is 0 Å². The van der Waals surface area contributed by atoms with Gasteiger partial charge in [0, 0.05) is 19.4 Å². The molecule has 0 bridgehead atoms. The SMILES string of the molecule is NCCCC[C@H](NC(=O)[C@H](CCC(N)=O)NC(=O)[C@H](CCCN=C(N)N)NC(=O)[C@@H](N)CCCCN)C(=O)N[C@@H](Cc1ccc(O)cc1)C(=O)N[C@@H](CC(=O)O)C(=O)O. The number of nitrogens with one attached hydrogen (secondary N) is 5. The van der Waals surface area contributed by atoms with Gasteiger partial charge in [-0.05, 0) is 82.2 Å². The van der Waals surface area contributed by atoms with Gasteiger partial charge in [0.05, 0.1) is 12.5 Å². The fourth-order valence-corrected chi connectivity index (χ4v) is 5.55. The van der Waals surface area contributed by atoms with Gasteiger partial charge in [0.2, 0.25) is 35.4 Å². The van der Waals surface area contributed by atoms with E-state index in [4.69, 9.17) is 39.5 Å². The Balaban J connectivity index is 3.44. The normalized spacial score (nSPS) is 13.9. The van der Waals surface area contributed by atoms with Crippen LogP contribution < -0.4 is 61.0 Å². The van der Waals surface area contributed by atoms with Crippen molar-refractivity contribution in [2.24, 2.45) is 39.4 Å². The second kappa shape index (κ2) is 27.5. The lowest BCUT2D eigenvalue weighted by Gasteiger charge is -2.27. The van der Waals surface area contributed by atoms with Gasteiger partial charge in [-0.15, -0.1) is 0 Å². The second-order valence-corrected chi connectivity index (χ2v) is 13.7. The van der Waals surface area contributed by atoms with E-state index >= 15 is 0 Å². The molecule has 1 aromatic carbocycles. The van der Waals surface area contributed by atoms with Gasteiger partial charge in [-0.3, -0.25) is 38.6 Å². The van der Waals surface area contributed by atoms with Gasteiger partial charge < -0.3 is 76.3 Å². The number of aromatic hydroxyl groups is 1. The van der Waals surface area contributed by atoms with E-state index in [1.807, 2.05) is 0 Å². The Morgan fingerprint density at radius 2 is 1.05 bits per heavy atom. The van der Waals surface area contributed by atoms with Crippen LogP contribution in [-0.2, 0) is 44.8 Å². The first-order valence-corrected chi connectivity index (χ1v) is 19.1. The number of hydrogen-bond acceptors (Lipinski definition) is 13. The van der Waals surface area contributed by atoms with Crippen LogP contribution in [-0.4, -0.2) is 125 Å². The zero-order valence-corrected chi connectivity index (χ0v) is 32.9. The number of benzene rings is 1. The smallest absolute Gasteiger partial charge is 0.326 e. The number of guanidine groups is 1. The van der Waals surface area contributed by atoms with E-state index in [1.165, 1.54) is 24.3 Å². The summed E-state index contributed by atoms with van der Waals surface area (Å²) in [5.74, 6) is -8.69. The molecular formula is C36H60N12O11. The van der Waals surface area contributed by atoms with Crippen LogP contribution in [0.4, 0.5) is 0 Å². The monoisotopic (exact) mass is 836 g/mol. The molecule has 0 aliphatic rings. The number of aliphatic carboxylic acids is 2. The summed E-state index contributed by atoms with van der Waals surface area (Å²) < 4.78 is 0. The van der Waals surface area contributed by atoms with Crippen LogP contribution >= 0.6 is 0 Å². The van der Waals surface area contributed by atoms with E-state index in [2.05, 4.69) is 31.6 Å². The molecular weight excluding hydrogens is 776 g/mol. The van der Waals surface area contributed by atoms with Crippen LogP contribution in [0, 0.1) is 0 Å². The van der Waals surface area contributed by atoms with Crippen molar-refractivity contribution in [2.45, 2.75) is 113 Å². The minimum absolute atomic E-state index is 0.00215. The average molecular weight is 837 g/mol. The van der Waals surface area contributed by atoms with Gasteiger partial charge in [0.1, 0.15) is 36.0 Å². The minimum atomic E-state index is -1.86. The topological polar surface area (TPSA) is 426 Å². The number of aliphatic imine (C=N–C) groups is 1. The highest BCUT2D eigenvalue weighted by Gasteiger charge is 2.33. The molecule has 0 saturated carbocycles. The van der Waals surface area contributed by atoms with Gasteiger partial charge in [-0.1, -0.05) is 18.6 Å². The maximum atomic E-state index is 13.9. The van der Waals surface area contributed by atoms with Crippen molar-refractivity contribution >= 4 is 53.3 Å². The minimum Gasteiger partial charge on any atom is -0.508 e. The number of primary amides is 1. The third kappa shape index (κ3) is 21.3.